The van der Waals surface area contributed by atoms with Crippen LogP contribution in [0.15, 0.2) is 24.3 Å². The molecule has 1 aliphatic carbocycles. The van der Waals surface area contributed by atoms with Crippen LogP contribution in [0, 0.1) is 12.8 Å². The number of carbonyl (C=O) groups excluding carboxylic acids is 1. The molecule has 1 N–H and O–H groups in total. The maximum absolute atomic E-state index is 12.9. The molecule has 0 radical (unpaired) electrons. The van der Waals surface area contributed by atoms with Crippen LogP contribution in [-0.4, -0.2) is 53.4 Å². The van der Waals surface area contributed by atoms with E-state index >= 15 is 0 Å². The Morgan fingerprint density at radius 3 is 2.80 bits per heavy atom. The summed E-state index contributed by atoms with van der Waals surface area (Å²) in [6.07, 6.45) is 3.28. The number of amides is 1. The SMILES string of the molecule is CCN(CC)C(=O)[C@@H]1C=C2c3cccc4[nH]c(C)c(c34)C[C@@H]2N(C)C1. The number of rotatable bonds is 3. The fourth-order valence-corrected chi connectivity index (χ4v) is 4.65. The van der Waals surface area contributed by atoms with Gasteiger partial charge in [0.05, 0.1) is 5.92 Å². The normalized spacial score (nSPS) is 22.6. The van der Waals surface area contributed by atoms with Crippen molar-refractivity contribution in [2.75, 3.05) is 26.7 Å². The largest absolute Gasteiger partial charge is 0.358 e. The summed E-state index contributed by atoms with van der Waals surface area (Å²) < 4.78 is 0. The van der Waals surface area contributed by atoms with Gasteiger partial charge < -0.3 is 9.88 Å². The van der Waals surface area contributed by atoms with Gasteiger partial charge in [0.1, 0.15) is 0 Å². The second kappa shape index (κ2) is 6.03. The third-order valence-electron chi connectivity index (χ3n) is 6.00. The molecule has 132 valence electrons. The Morgan fingerprint density at radius 2 is 2.08 bits per heavy atom. The number of nitrogens with zero attached hydrogens (tertiary/aromatic N) is 2. The third-order valence-corrected chi connectivity index (χ3v) is 6.00. The van der Waals surface area contributed by atoms with E-state index in [0.29, 0.717) is 6.04 Å². The minimum absolute atomic E-state index is 0.0482. The van der Waals surface area contributed by atoms with Crippen molar-refractivity contribution in [3.63, 3.8) is 0 Å². The van der Waals surface area contributed by atoms with Crippen LogP contribution in [0.25, 0.3) is 16.5 Å². The van der Waals surface area contributed by atoms with E-state index in [0.717, 1.165) is 26.1 Å². The topological polar surface area (TPSA) is 39.3 Å². The van der Waals surface area contributed by atoms with Crippen molar-refractivity contribution < 1.29 is 4.79 Å². The summed E-state index contributed by atoms with van der Waals surface area (Å²) in [7, 11) is 2.16. The average Bonchev–Trinajstić information content (AvgIpc) is 2.93. The van der Waals surface area contributed by atoms with E-state index in [4.69, 9.17) is 0 Å². The molecule has 0 unspecified atom stereocenters. The standard InChI is InChI=1S/C21H27N3O/c1-5-24(6-2)21(25)14-10-17-15-8-7-9-18-20(15)16(13(3)22-18)11-19(17)23(4)12-14/h7-10,14,19,22H,5-6,11-12H2,1-4H3/t14-,19+/m1/s1. The van der Waals surface area contributed by atoms with E-state index in [1.807, 2.05) is 4.90 Å². The third kappa shape index (κ3) is 2.43. The van der Waals surface area contributed by atoms with E-state index in [2.05, 4.69) is 62.0 Å². The van der Waals surface area contributed by atoms with Gasteiger partial charge in [-0.3, -0.25) is 9.69 Å². The Labute approximate surface area is 149 Å². The number of aromatic nitrogens is 1. The van der Waals surface area contributed by atoms with Gasteiger partial charge in [-0.25, -0.2) is 0 Å². The monoisotopic (exact) mass is 337 g/mol. The quantitative estimate of drug-likeness (QED) is 0.934. The van der Waals surface area contributed by atoms with E-state index in [1.165, 1.54) is 33.3 Å². The molecule has 2 heterocycles. The minimum Gasteiger partial charge on any atom is -0.358 e. The molecule has 1 aromatic heterocycles. The number of benzene rings is 1. The fourth-order valence-electron chi connectivity index (χ4n) is 4.65. The number of aryl methyl sites for hydroxylation is 1. The zero-order valence-electron chi connectivity index (χ0n) is 15.6. The Kier molecular flexibility index (Phi) is 3.95. The summed E-state index contributed by atoms with van der Waals surface area (Å²) in [4.78, 5) is 20.8. The van der Waals surface area contributed by atoms with Crippen LogP contribution >= 0.6 is 0 Å². The molecule has 0 saturated heterocycles. The molecular weight excluding hydrogens is 310 g/mol. The molecule has 0 fully saturated rings. The second-order valence-electron chi connectivity index (χ2n) is 7.36. The summed E-state index contributed by atoms with van der Waals surface area (Å²) in [6, 6.07) is 6.86. The molecule has 1 aromatic carbocycles. The summed E-state index contributed by atoms with van der Waals surface area (Å²) in [5.74, 6) is 0.207. The van der Waals surface area contributed by atoms with Gasteiger partial charge in [0.15, 0.2) is 0 Å². The van der Waals surface area contributed by atoms with Crippen molar-refractivity contribution in [3.05, 3.63) is 41.1 Å². The number of aromatic amines is 1. The zero-order valence-corrected chi connectivity index (χ0v) is 15.6. The smallest absolute Gasteiger partial charge is 0.230 e. The molecule has 0 spiro atoms. The first kappa shape index (κ1) is 16.4. The van der Waals surface area contributed by atoms with Gasteiger partial charge in [0.2, 0.25) is 5.91 Å². The molecule has 0 saturated carbocycles. The molecule has 25 heavy (non-hydrogen) atoms. The molecular formula is C21H27N3O. The predicted octanol–water partition coefficient (Wildman–Crippen LogP) is 3.21. The first-order valence-electron chi connectivity index (χ1n) is 9.36. The number of hydrogen-bond acceptors (Lipinski definition) is 2. The van der Waals surface area contributed by atoms with Gasteiger partial charge in [0, 0.05) is 42.3 Å². The Bertz CT molecular complexity index is 859. The van der Waals surface area contributed by atoms with Crippen molar-refractivity contribution in [1.29, 1.82) is 0 Å². The number of H-pyrrole nitrogens is 1. The average molecular weight is 337 g/mol. The lowest BCUT2D eigenvalue weighted by molar-refractivity contribution is -0.134. The molecule has 2 aliphatic rings. The van der Waals surface area contributed by atoms with Crippen molar-refractivity contribution >= 4 is 22.4 Å². The van der Waals surface area contributed by atoms with Crippen LogP contribution in [0.2, 0.25) is 0 Å². The number of likely N-dealkylation sites (N-methyl/N-ethyl adjacent to an activating group) is 1. The van der Waals surface area contributed by atoms with Gasteiger partial charge in [-0.15, -0.1) is 0 Å². The van der Waals surface area contributed by atoms with Crippen LogP contribution in [0.4, 0.5) is 0 Å². The highest BCUT2D eigenvalue weighted by atomic mass is 16.2. The minimum atomic E-state index is -0.0482. The van der Waals surface area contributed by atoms with E-state index < -0.39 is 0 Å². The molecule has 4 heteroatoms. The lowest BCUT2D eigenvalue weighted by Crippen LogP contribution is -2.47. The number of carbonyl (C=O) groups is 1. The summed E-state index contributed by atoms with van der Waals surface area (Å²) in [5.41, 5.74) is 6.56. The van der Waals surface area contributed by atoms with Crippen LogP contribution in [-0.2, 0) is 11.2 Å². The maximum atomic E-state index is 12.9. The van der Waals surface area contributed by atoms with Crippen LogP contribution < -0.4 is 0 Å². The first-order chi connectivity index (χ1) is 12.0. The van der Waals surface area contributed by atoms with Crippen molar-refractivity contribution in [2.45, 2.75) is 33.2 Å². The van der Waals surface area contributed by atoms with Crippen molar-refractivity contribution in [1.82, 2.24) is 14.8 Å². The molecule has 4 nitrogen and oxygen atoms in total. The van der Waals surface area contributed by atoms with E-state index in [1.54, 1.807) is 0 Å². The molecule has 2 atom stereocenters. The van der Waals surface area contributed by atoms with Gasteiger partial charge in [-0.05, 0) is 57.0 Å². The summed E-state index contributed by atoms with van der Waals surface area (Å²) >= 11 is 0. The first-order valence-corrected chi connectivity index (χ1v) is 9.36. The van der Waals surface area contributed by atoms with Crippen LogP contribution in [0.1, 0.15) is 30.7 Å². The number of hydrogen-bond donors (Lipinski definition) is 1. The number of nitrogens with one attached hydrogen (secondary N) is 1. The highest BCUT2D eigenvalue weighted by Gasteiger charge is 2.36. The molecule has 2 aromatic rings. The molecule has 0 bridgehead atoms. The predicted molar refractivity (Wildman–Crippen MR) is 103 cm³/mol. The summed E-state index contributed by atoms with van der Waals surface area (Å²) in [5, 5.41) is 1.35. The Hall–Kier alpha value is -2.07. The van der Waals surface area contributed by atoms with Gasteiger partial charge in [-0.2, -0.15) is 0 Å². The van der Waals surface area contributed by atoms with Crippen LogP contribution in [0.5, 0.6) is 0 Å². The highest BCUT2D eigenvalue weighted by molar-refractivity contribution is 6.00. The van der Waals surface area contributed by atoms with Crippen LogP contribution in [0.3, 0.4) is 0 Å². The van der Waals surface area contributed by atoms with Gasteiger partial charge in [-0.1, -0.05) is 18.2 Å². The molecule has 1 aliphatic heterocycles. The van der Waals surface area contributed by atoms with Crippen molar-refractivity contribution in [2.24, 2.45) is 5.92 Å². The Morgan fingerprint density at radius 1 is 1.32 bits per heavy atom. The van der Waals surface area contributed by atoms with E-state index in [-0.39, 0.29) is 11.8 Å². The number of fused-ring (bicyclic) bond motifs is 2. The second-order valence-corrected chi connectivity index (χ2v) is 7.36. The molecule has 1 amide bonds. The van der Waals surface area contributed by atoms with Crippen molar-refractivity contribution in [3.8, 4) is 0 Å². The zero-order chi connectivity index (χ0) is 17.7. The van der Waals surface area contributed by atoms with Gasteiger partial charge in [0.25, 0.3) is 0 Å². The maximum Gasteiger partial charge on any atom is 0.230 e. The fraction of sp³-hybridized carbons (Fsp3) is 0.476. The van der Waals surface area contributed by atoms with Gasteiger partial charge >= 0.3 is 0 Å². The lowest BCUT2D eigenvalue weighted by Gasteiger charge is -2.40. The highest BCUT2D eigenvalue weighted by Crippen LogP contribution is 2.42. The Balaban J connectivity index is 1.83. The lowest BCUT2D eigenvalue weighted by atomic mass is 9.79. The van der Waals surface area contributed by atoms with E-state index in [9.17, 15) is 4.79 Å². The molecule has 4 rings (SSSR count). The summed E-state index contributed by atoms with van der Waals surface area (Å²) in [6.45, 7) is 8.64.